The summed E-state index contributed by atoms with van der Waals surface area (Å²) in [6.07, 6.45) is 1.75. The van der Waals surface area contributed by atoms with Crippen LogP contribution in [0.1, 0.15) is 27.4 Å². The van der Waals surface area contributed by atoms with Gasteiger partial charge in [-0.1, -0.05) is 70.5 Å². The first kappa shape index (κ1) is 18.9. The first-order valence-electron chi connectivity index (χ1n) is 8.93. The van der Waals surface area contributed by atoms with E-state index in [1.54, 1.807) is 36.0 Å². The van der Waals surface area contributed by atoms with E-state index in [-0.39, 0.29) is 12.2 Å². The molecule has 146 valence electrons. The zero-order valence-electron chi connectivity index (χ0n) is 15.6. The molecular weight excluding hydrogens is 392 g/mol. The summed E-state index contributed by atoms with van der Waals surface area (Å²) >= 11 is 6.23. The maximum absolute atomic E-state index is 12.7. The van der Waals surface area contributed by atoms with Gasteiger partial charge in [0, 0.05) is 5.56 Å². The van der Waals surface area contributed by atoms with Crippen molar-refractivity contribution in [1.29, 1.82) is 0 Å². The molecule has 0 atom stereocenters. The predicted molar refractivity (Wildman–Crippen MR) is 106 cm³/mol. The molecule has 4 rings (SSSR count). The van der Waals surface area contributed by atoms with Crippen LogP contribution < -0.4 is 0 Å². The quantitative estimate of drug-likeness (QED) is 0.442. The fraction of sp³-hybridized carbons (Fsp3) is 0.143. The Kier molecular flexibility index (Phi) is 5.39. The van der Waals surface area contributed by atoms with E-state index in [0.29, 0.717) is 34.3 Å². The molecule has 0 aliphatic rings. The van der Waals surface area contributed by atoms with E-state index in [2.05, 4.69) is 15.5 Å². The standard InChI is InChI=1S/C21H17ClN4O3/c1-14-19(20(24-29-14)17-9-5-6-10-18(17)22)21(27)28-13-16-12-26(25-23-16)11-15-7-3-2-4-8-15/h2-10,12H,11,13H2,1H3. The van der Waals surface area contributed by atoms with E-state index < -0.39 is 5.97 Å². The number of benzene rings is 2. The molecule has 0 unspecified atom stereocenters. The van der Waals surface area contributed by atoms with Crippen molar-refractivity contribution in [3.05, 3.63) is 88.4 Å². The number of aryl methyl sites for hydroxylation is 1. The van der Waals surface area contributed by atoms with E-state index >= 15 is 0 Å². The van der Waals surface area contributed by atoms with Crippen molar-refractivity contribution in [1.82, 2.24) is 20.2 Å². The molecule has 7 nitrogen and oxygen atoms in total. The Morgan fingerprint density at radius 1 is 1.14 bits per heavy atom. The fourth-order valence-corrected chi connectivity index (χ4v) is 3.14. The molecular formula is C21H17ClN4O3. The second-order valence-corrected chi connectivity index (χ2v) is 6.82. The van der Waals surface area contributed by atoms with Crippen LogP contribution in [0.4, 0.5) is 0 Å². The highest BCUT2D eigenvalue weighted by Crippen LogP contribution is 2.31. The maximum atomic E-state index is 12.7. The van der Waals surface area contributed by atoms with E-state index in [1.165, 1.54) is 0 Å². The van der Waals surface area contributed by atoms with Gasteiger partial charge in [-0.05, 0) is 18.6 Å². The summed E-state index contributed by atoms with van der Waals surface area (Å²) < 4.78 is 12.3. The number of esters is 1. The summed E-state index contributed by atoms with van der Waals surface area (Å²) in [5.41, 5.74) is 2.85. The van der Waals surface area contributed by atoms with Crippen molar-refractivity contribution < 1.29 is 14.1 Å². The SMILES string of the molecule is Cc1onc(-c2ccccc2Cl)c1C(=O)OCc1cn(Cc2ccccc2)nn1. The lowest BCUT2D eigenvalue weighted by atomic mass is 10.1. The predicted octanol–water partition coefficient (Wildman–Crippen LogP) is 4.30. The third-order valence-corrected chi connectivity index (χ3v) is 4.65. The van der Waals surface area contributed by atoms with Gasteiger partial charge in [-0.2, -0.15) is 0 Å². The summed E-state index contributed by atoms with van der Waals surface area (Å²) in [4.78, 5) is 12.7. The Hall–Kier alpha value is -3.45. The zero-order valence-corrected chi connectivity index (χ0v) is 16.3. The largest absolute Gasteiger partial charge is 0.455 e. The molecule has 2 aromatic heterocycles. The highest BCUT2D eigenvalue weighted by molar-refractivity contribution is 6.33. The summed E-state index contributed by atoms with van der Waals surface area (Å²) in [5, 5.41) is 12.6. The second kappa shape index (κ2) is 8.28. The molecule has 0 spiro atoms. The molecule has 0 N–H and O–H groups in total. The third kappa shape index (κ3) is 4.20. The van der Waals surface area contributed by atoms with Gasteiger partial charge in [0.15, 0.2) is 0 Å². The number of rotatable bonds is 6. The fourth-order valence-electron chi connectivity index (χ4n) is 2.91. The molecule has 0 bridgehead atoms. The highest BCUT2D eigenvalue weighted by atomic mass is 35.5. The average Bonchev–Trinajstić information content (AvgIpc) is 3.34. The Labute approximate surface area is 171 Å². The molecule has 0 saturated carbocycles. The first-order valence-corrected chi connectivity index (χ1v) is 9.31. The summed E-state index contributed by atoms with van der Waals surface area (Å²) in [7, 11) is 0. The van der Waals surface area contributed by atoms with Crippen molar-refractivity contribution in [2.75, 3.05) is 0 Å². The molecule has 29 heavy (non-hydrogen) atoms. The lowest BCUT2D eigenvalue weighted by Gasteiger charge is -2.05. The molecule has 4 aromatic rings. The number of carbonyl (C=O) groups excluding carboxylic acids is 1. The van der Waals surface area contributed by atoms with Crippen LogP contribution >= 0.6 is 11.6 Å². The van der Waals surface area contributed by atoms with Crippen molar-refractivity contribution >= 4 is 17.6 Å². The monoisotopic (exact) mass is 408 g/mol. The van der Waals surface area contributed by atoms with Crippen molar-refractivity contribution in [3.63, 3.8) is 0 Å². The number of hydrogen-bond acceptors (Lipinski definition) is 6. The molecule has 8 heteroatoms. The lowest BCUT2D eigenvalue weighted by Crippen LogP contribution is -2.07. The van der Waals surface area contributed by atoms with Gasteiger partial charge in [0.2, 0.25) is 0 Å². The van der Waals surface area contributed by atoms with Crippen LogP contribution in [0.25, 0.3) is 11.3 Å². The van der Waals surface area contributed by atoms with Crippen LogP contribution in [0.2, 0.25) is 5.02 Å². The Balaban J connectivity index is 1.46. The van der Waals surface area contributed by atoms with Gasteiger partial charge in [-0.15, -0.1) is 5.10 Å². The Morgan fingerprint density at radius 2 is 1.90 bits per heavy atom. The van der Waals surface area contributed by atoms with Crippen LogP contribution in [-0.2, 0) is 17.9 Å². The summed E-state index contributed by atoms with van der Waals surface area (Å²) in [5.74, 6) is -0.200. The molecule has 0 fully saturated rings. The number of nitrogens with zero attached hydrogens (tertiary/aromatic N) is 4. The van der Waals surface area contributed by atoms with Crippen LogP contribution in [-0.4, -0.2) is 26.1 Å². The number of carbonyl (C=O) groups is 1. The molecule has 0 radical (unpaired) electrons. The van der Waals surface area contributed by atoms with Crippen LogP contribution in [0.15, 0.2) is 65.3 Å². The van der Waals surface area contributed by atoms with Gasteiger partial charge in [0.25, 0.3) is 0 Å². The zero-order chi connectivity index (χ0) is 20.2. The minimum absolute atomic E-state index is 0.0137. The molecule has 0 amide bonds. The first-order chi connectivity index (χ1) is 14.1. The van der Waals surface area contributed by atoms with Gasteiger partial charge in [-0.25, -0.2) is 9.48 Å². The molecule has 2 heterocycles. The van der Waals surface area contributed by atoms with Crippen molar-refractivity contribution in [3.8, 4) is 11.3 Å². The van der Waals surface area contributed by atoms with Crippen LogP contribution in [0, 0.1) is 6.92 Å². The third-order valence-electron chi connectivity index (χ3n) is 4.32. The minimum Gasteiger partial charge on any atom is -0.455 e. The van der Waals surface area contributed by atoms with E-state index in [1.807, 2.05) is 36.4 Å². The maximum Gasteiger partial charge on any atom is 0.344 e. The van der Waals surface area contributed by atoms with E-state index in [0.717, 1.165) is 5.56 Å². The second-order valence-electron chi connectivity index (χ2n) is 6.41. The van der Waals surface area contributed by atoms with Crippen LogP contribution in [0.3, 0.4) is 0 Å². The van der Waals surface area contributed by atoms with Gasteiger partial charge >= 0.3 is 5.97 Å². The number of hydrogen-bond donors (Lipinski definition) is 0. The number of halogens is 1. The molecule has 2 aromatic carbocycles. The molecule has 0 aliphatic heterocycles. The van der Waals surface area contributed by atoms with Gasteiger partial charge in [-0.3, -0.25) is 0 Å². The Morgan fingerprint density at radius 3 is 2.69 bits per heavy atom. The number of ether oxygens (including phenoxy) is 1. The minimum atomic E-state index is -0.559. The summed E-state index contributed by atoms with van der Waals surface area (Å²) in [6, 6.07) is 17.0. The lowest BCUT2D eigenvalue weighted by molar-refractivity contribution is 0.0466. The smallest absolute Gasteiger partial charge is 0.344 e. The topological polar surface area (TPSA) is 83.0 Å². The normalized spacial score (nSPS) is 10.8. The van der Waals surface area contributed by atoms with Gasteiger partial charge < -0.3 is 9.26 Å². The number of aromatic nitrogens is 4. The van der Waals surface area contributed by atoms with Crippen molar-refractivity contribution in [2.24, 2.45) is 0 Å². The molecule has 0 aliphatic carbocycles. The highest BCUT2D eigenvalue weighted by Gasteiger charge is 2.24. The summed E-state index contributed by atoms with van der Waals surface area (Å²) in [6.45, 7) is 2.23. The van der Waals surface area contributed by atoms with E-state index in [4.69, 9.17) is 20.9 Å². The average molecular weight is 409 g/mol. The van der Waals surface area contributed by atoms with Gasteiger partial charge in [0.1, 0.15) is 29.3 Å². The Bertz CT molecular complexity index is 1140. The molecule has 0 saturated heterocycles. The van der Waals surface area contributed by atoms with Gasteiger partial charge in [0.05, 0.1) is 17.8 Å². The van der Waals surface area contributed by atoms with E-state index in [9.17, 15) is 4.79 Å². The van der Waals surface area contributed by atoms with Crippen molar-refractivity contribution in [2.45, 2.75) is 20.1 Å². The van der Waals surface area contributed by atoms with Crippen LogP contribution in [0.5, 0.6) is 0 Å².